The molecule has 0 atom stereocenters. The number of nitrogens with one attached hydrogen (secondary N) is 1. The summed E-state index contributed by atoms with van der Waals surface area (Å²) in [6, 6.07) is 8.27. The Bertz CT molecular complexity index is 459. The average molecular weight is 322 g/mol. The van der Waals surface area contributed by atoms with Gasteiger partial charge in [-0.3, -0.25) is 0 Å². The molecule has 1 heterocycles. The van der Waals surface area contributed by atoms with Crippen LogP contribution in [0.4, 0.5) is 5.69 Å². The zero-order chi connectivity index (χ0) is 13.7. The molecule has 0 unspecified atom stereocenters. The van der Waals surface area contributed by atoms with Gasteiger partial charge in [-0.2, -0.15) is 5.26 Å². The molecule has 1 aliphatic rings. The number of nitrogens with zero attached hydrogens (tertiary/aromatic N) is 2. The van der Waals surface area contributed by atoms with E-state index in [0.29, 0.717) is 0 Å². The number of hydrogen-bond acceptors (Lipinski definition) is 3. The van der Waals surface area contributed by atoms with Crippen LogP contribution in [0.25, 0.3) is 0 Å². The van der Waals surface area contributed by atoms with Gasteiger partial charge >= 0.3 is 0 Å². The lowest BCUT2D eigenvalue weighted by Gasteiger charge is -2.34. The summed E-state index contributed by atoms with van der Waals surface area (Å²) in [5.41, 5.74) is 1.85. The first-order valence-electron chi connectivity index (χ1n) is 6.83. The van der Waals surface area contributed by atoms with Crippen molar-refractivity contribution in [1.29, 1.82) is 5.26 Å². The average Bonchev–Trinajstić information content (AvgIpc) is 2.45. The third-order valence-corrected chi connectivity index (χ3v) is 4.33. The maximum absolute atomic E-state index is 9.24. The molecule has 1 N–H and O–H groups in total. The summed E-state index contributed by atoms with van der Waals surface area (Å²) in [5, 5.41) is 12.5. The molecule has 1 aliphatic heterocycles. The number of nitriles is 1. The maximum atomic E-state index is 9.24. The van der Waals surface area contributed by atoms with Crippen LogP contribution in [0.15, 0.2) is 22.7 Å². The molecule has 0 aromatic heterocycles. The predicted octanol–water partition coefficient (Wildman–Crippen LogP) is 3.15. The summed E-state index contributed by atoms with van der Waals surface area (Å²) in [7, 11) is 2.01. The Morgan fingerprint density at radius 3 is 2.79 bits per heavy atom. The van der Waals surface area contributed by atoms with Crippen LogP contribution in [0.5, 0.6) is 0 Å². The Hall–Kier alpha value is -1.05. The topological polar surface area (TPSA) is 39.1 Å². The molecule has 102 valence electrons. The van der Waals surface area contributed by atoms with Crippen LogP contribution in [0.2, 0.25) is 0 Å². The molecule has 0 aliphatic carbocycles. The van der Waals surface area contributed by atoms with Gasteiger partial charge in [-0.1, -0.05) is 15.9 Å². The molecule has 1 saturated heterocycles. The minimum Gasteiger partial charge on any atom is -0.370 e. The molecule has 4 heteroatoms. The van der Waals surface area contributed by atoms with E-state index in [1.807, 2.05) is 19.2 Å². The Morgan fingerprint density at radius 2 is 2.16 bits per heavy atom. The van der Waals surface area contributed by atoms with Crippen molar-refractivity contribution < 1.29 is 0 Å². The lowest BCUT2D eigenvalue weighted by Crippen LogP contribution is -2.34. The van der Waals surface area contributed by atoms with Crippen molar-refractivity contribution in [1.82, 2.24) is 5.32 Å². The zero-order valence-corrected chi connectivity index (χ0v) is 12.9. The van der Waals surface area contributed by atoms with Crippen LogP contribution in [-0.2, 0) is 0 Å². The molecule has 0 saturated carbocycles. The van der Waals surface area contributed by atoms with Gasteiger partial charge < -0.3 is 10.2 Å². The van der Waals surface area contributed by atoms with E-state index in [-0.39, 0.29) is 0 Å². The third-order valence-electron chi connectivity index (χ3n) is 3.84. The summed E-state index contributed by atoms with van der Waals surface area (Å²) in [5.74, 6) is 0.824. The number of rotatable bonds is 4. The van der Waals surface area contributed by atoms with Crippen molar-refractivity contribution >= 4 is 21.6 Å². The van der Waals surface area contributed by atoms with Crippen molar-refractivity contribution in [3.63, 3.8) is 0 Å². The van der Waals surface area contributed by atoms with Gasteiger partial charge in [-0.05, 0) is 57.0 Å². The molecular formula is C15H20BrN3. The SMILES string of the molecule is CNCCC1CCN(c2ccc(Br)cc2C#N)CC1. The Kier molecular flexibility index (Phi) is 5.24. The van der Waals surface area contributed by atoms with E-state index >= 15 is 0 Å². The van der Waals surface area contributed by atoms with Gasteiger partial charge in [0, 0.05) is 17.6 Å². The van der Waals surface area contributed by atoms with Crippen LogP contribution in [-0.4, -0.2) is 26.7 Å². The van der Waals surface area contributed by atoms with E-state index in [2.05, 4.69) is 38.3 Å². The first-order valence-corrected chi connectivity index (χ1v) is 7.63. The monoisotopic (exact) mass is 321 g/mol. The van der Waals surface area contributed by atoms with E-state index < -0.39 is 0 Å². The molecule has 0 radical (unpaired) electrons. The third kappa shape index (κ3) is 3.71. The second kappa shape index (κ2) is 6.93. The van der Waals surface area contributed by atoms with Crippen LogP contribution >= 0.6 is 15.9 Å². The molecule has 1 aromatic rings. The molecule has 2 rings (SSSR count). The summed E-state index contributed by atoms with van der Waals surface area (Å²) in [6.45, 7) is 3.22. The van der Waals surface area contributed by atoms with Gasteiger partial charge in [0.15, 0.2) is 0 Å². The molecule has 3 nitrogen and oxygen atoms in total. The van der Waals surface area contributed by atoms with Crippen molar-refractivity contribution in [3.8, 4) is 6.07 Å². The fourth-order valence-corrected chi connectivity index (χ4v) is 3.05. The molecule has 0 amide bonds. The summed E-state index contributed by atoms with van der Waals surface area (Å²) < 4.78 is 0.969. The largest absolute Gasteiger partial charge is 0.370 e. The van der Waals surface area contributed by atoms with E-state index in [4.69, 9.17) is 0 Å². The molecular weight excluding hydrogens is 302 g/mol. The Morgan fingerprint density at radius 1 is 1.42 bits per heavy atom. The Balaban J connectivity index is 2.00. The first kappa shape index (κ1) is 14.4. The van der Waals surface area contributed by atoms with Crippen LogP contribution in [0.1, 0.15) is 24.8 Å². The van der Waals surface area contributed by atoms with E-state index in [1.54, 1.807) is 0 Å². The van der Waals surface area contributed by atoms with Gasteiger partial charge in [0.1, 0.15) is 6.07 Å². The molecule has 1 fully saturated rings. The second-order valence-corrected chi connectivity index (χ2v) is 6.01. The quantitative estimate of drug-likeness (QED) is 0.925. The fourth-order valence-electron chi connectivity index (χ4n) is 2.68. The van der Waals surface area contributed by atoms with Gasteiger partial charge in [0.25, 0.3) is 0 Å². The van der Waals surface area contributed by atoms with Gasteiger partial charge in [0.05, 0.1) is 11.3 Å². The van der Waals surface area contributed by atoms with Gasteiger partial charge in [-0.15, -0.1) is 0 Å². The molecule has 0 spiro atoms. The highest BCUT2D eigenvalue weighted by Crippen LogP contribution is 2.29. The van der Waals surface area contributed by atoms with E-state index in [1.165, 1.54) is 19.3 Å². The van der Waals surface area contributed by atoms with Crippen molar-refractivity contribution in [2.45, 2.75) is 19.3 Å². The minimum atomic E-state index is 0.767. The standard InChI is InChI=1S/C15H20BrN3/c1-18-7-4-12-5-8-19(9-6-12)15-3-2-14(16)10-13(15)11-17/h2-3,10,12,18H,4-9H2,1H3. The normalized spacial score (nSPS) is 16.4. The molecule has 0 bridgehead atoms. The smallest absolute Gasteiger partial charge is 0.101 e. The van der Waals surface area contributed by atoms with E-state index in [0.717, 1.165) is 41.3 Å². The molecule has 19 heavy (non-hydrogen) atoms. The van der Waals surface area contributed by atoms with Gasteiger partial charge in [0.2, 0.25) is 0 Å². The van der Waals surface area contributed by atoms with Crippen molar-refractivity contribution in [3.05, 3.63) is 28.2 Å². The number of benzene rings is 1. The van der Waals surface area contributed by atoms with Crippen LogP contribution < -0.4 is 10.2 Å². The van der Waals surface area contributed by atoms with Gasteiger partial charge in [-0.25, -0.2) is 0 Å². The maximum Gasteiger partial charge on any atom is 0.101 e. The summed E-state index contributed by atoms with van der Waals surface area (Å²) in [4.78, 5) is 2.35. The fraction of sp³-hybridized carbons (Fsp3) is 0.533. The summed E-state index contributed by atoms with van der Waals surface area (Å²) in [6.07, 6.45) is 3.71. The lowest BCUT2D eigenvalue weighted by atomic mass is 9.93. The predicted molar refractivity (Wildman–Crippen MR) is 82.3 cm³/mol. The minimum absolute atomic E-state index is 0.767. The number of hydrogen-bond donors (Lipinski definition) is 1. The number of anilines is 1. The lowest BCUT2D eigenvalue weighted by molar-refractivity contribution is 0.378. The molecule has 1 aromatic carbocycles. The van der Waals surface area contributed by atoms with Crippen molar-refractivity contribution in [2.24, 2.45) is 5.92 Å². The van der Waals surface area contributed by atoms with E-state index in [9.17, 15) is 5.26 Å². The highest BCUT2D eigenvalue weighted by molar-refractivity contribution is 9.10. The number of piperidine rings is 1. The second-order valence-electron chi connectivity index (χ2n) is 5.10. The Labute approximate surface area is 123 Å². The van der Waals surface area contributed by atoms with Crippen LogP contribution in [0, 0.1) is 17.2 Å². The highest BCUT2D eigenvalue weighted by atomic mass is 79.9. The zero-order valence-electron chi connectivity index (χ0n) is 11.3. The summed E-state index contributed by atoms with van der Waals surface area (Å²) >= 11 is 3.42. The first-order chi connectivity index (χ1) is 9.24. The van der Waals surface area contributed by atoms with Crippen molar-refractivity contribution in [2.75, 3.05) is 31.6 Å². The highest BCUT2D eigenvalue weighted by Gasteiger charge is 2.20. The number of halogens is 1. The van der Waals surface area contributed by atoms with Crippen LogP contribution in [0.3, 0.4) is 0 Å².